The van der Waals surface area contributed by atoms with Crippen molar-refractivity contribution in [1.82, 2.24) is 14.1 Å². The third-order valence-corrected chi connectivity index (χ3v) is 7.66. The second-order valence-corrected chi connectivity index (χ2v) is 9.18. The Morgan fingerprint density at radius 3 is 2.24 bits per heavy atom. The maximum absolute atomic E-state index is 12.9. The van der Waals surface area contributed by atoms with Crippen LogP contribution in [0.5, 0.6) is 0 Å². The van der Waals surface area contributed by atoms with Gasteiger partial charge in [-0.2, -0.15) is 4.31 Å². The number of rotatable bonds is 7. The molecule has 1 heterocycles. The monoisotopic (exact) mass is 424 g/mol. The standard InChI is InChI=1S/C20H32N4O4S/c1-6-24(7-2)29(27,28)19-14-18(9-8-15(19)3)21-20(26)16(4)22-10-12-23(13-11-22)17(5)25/h8-9,14,16H,6-7,10-13H2,1-5H3,(H,21,26)/t16-/m1/s1. The highest BCUT2D eigenvalue weighted by atomic mass is 32.2. The first-order chi connectivity index (χ1) is 13.6. The van der Waals surface area contributed by atoms with Crippen molar-refractivity contribution in [3.8, 4) is 0 Å². The smallest absolute Gasteiger partial charge is 0.243 e. The number of nitrogens with zero attached hydrogens (tertiary/aromatic N) is 3. The fourth-order valence-corrected chi connectivity index (χ4v) is 5.20. The lowest BCUT2D eigenvalue weighted by Gasteiger charge is -2.37. The molecule has 2 rings (SSSR count). The molecule has 1 aliphatic rings. The lowest BCUT2D eigenvalue weighted by Crippen LogP contribution is -2.53. The van der Waals surface area contributed by atoms with E-state index in [4.69, 9.17) is 0 Å². The van der Waals surface area contributed by atoms with Crippen LogP contribution in [0.25, 0.3) is 0 Å². The van der Waals surface area contributed by atoms with Crippen LogP contribution in [0.3, 0.4) is 0 Å². The maximum atomic E-state index is 12.9. The van der Waals surface area contributed by atoms with Crippen molar-refractivity contribution >= 4 is 27.5 Å². The van der Waals surface area contributed by atoms with Gasteiger partial charge in [-0.15, -0.1) is 0 Å². The van der Waals surface area contributed by atoms with Gasteiger partial charge in [-0.1, -0.05) is 19.9 Å². The van der Waals surface area contributed by atoms with E-state index in [0.29, 0.717) is 50.5 Å². The molecule has 0 aromatic heterocycles. The van der Waals surface area contributed by atoms with Crippen molar-refractivity contribution in [3.05, 3.63) is 23.8 Å². The molecule has 162 valence electrons. The minimum Gasteiger partial charge on any atom is -0.340 e. The number of anilines is 1. The van der Waals surface area contributed by atoms with Crippen molar-refractivity contribution in [2.45, 2.75) is 45.6 Å². The zero-order valence-corrected chi connectivity index (χ0v) is 18.8. The Hall–Kier alpha value is -1.97. The van der Waals surface area contributed by atoms with Crippen LogP contribution >= 0.6 is 0 Å². The largest absolute Gasteiger partial charge is 0.340 e. The quantitative estimate of drug-likeness (QED) is 0.717. The second-order valence-electron chi connectivity index (χ2n) is 7.28. The Morgan fingerprint density at radius 1 is 1.14 bits per heavy atom. The van der Waals surface area contributed by atoms with Gasteiger partial charge >= 0.3 is 0 Å². The molecule has 29 heavy (non-hydrogen) atoms. The molecule has 0 radical (unpaired) electrons. The van der Waals surface area contributed by atoms with Gasteiger partial charge in [0.2, 0.25) is 21.8 Å². The Balaban J connectivity index is 2.12. The number of hydrogen-bond acceptors (Lipinski definition) is 5. The van der Waals surface area contributed by atoms with Gasteiger partial charge in [-0.25, -0.2) is 8.42 Å². The van der Waals surface area contributed by atoms with Gasteiger partial charge in [0.1, 0.15) is 0 Å². The van der Waals surface area contributed by atoms with Crippen molar-refractivity contribution in [2.75, 3.05) is 44.6 Å². The number of aryl methyl sites for hydroxylation is 1. The van der Waals surface area contributed by atoms with Crippen molar-refractivity contribution in [1.29, 1.82) is 0 Å². The van der Waals surface area contributed by atoms with Crippen molar-refractivity contribution in [2.24, 2.45) is 0 Å². The summed E-state index contributed by atoms with van der Waals surface area (Å²) in [6, 6.07) is 4.58. The highest BCUT2D eigenvalue weighted by molar-refractivity contribution is 7.89. The fraction of sp³-hybridized carbons (Fsp3) is 0.600. The molecule has 1 N–H and O–H groups in total. The second kappa shape index (κ2) is 9.69. The summed E-state index contributed by atoms with van der Waals surface area (Å²) < 4.78 is 27.2. The van der Waals surface area contributed by atoms with E-state index in [2.05, 4.69) is 5.32 Å². The Bertz CT molecular complexity index is 844. The summed E-state index contributed by atoms with van der Waals surface area (Å²) in [5, 5.41) is 2.84. The normalized spacial score (nSPS) is 16.7. The van der Waals surface area contributed by atoms with Gasteiger partial charge in [0, 0.05) is 51.9 Å². The predicted octanol–water partition coefficient (Wildman–Crippen LogP) is 1.52. The highest BCUT2D eigenvalue weighted by Crippen LogP contribution is 2.24. The summed E-state index contributed by atoms with van der Waals surface area (Å²) in [5.41, 5.74) is 1.10. The number of sulfonamides is 1. The highest BCUT2D eigenvalue weighted by Gasteiger charge is 2.27. The molecular weight excluding hydrogens is 392 g/mol. The van der Waals surface area contributed by atoms with Crippen LogP contribution in [0.15, 0.2) is 23.1 Å². The maximum Gasteiger partial charge on any atom is 0.243 e. The van der Waals surface area contributed by atoms with E-state index in [1.807, 2.05) is 11.8 Å². The zero-order valence-electron chi connectivity index (χ0n) is 17.9. The van der Waals surface area contributed by atoms with E-state index in [9.17, 15) is 18.0 Å². The van der Waals surface area contributed by atoms with Crippen LogP contribution in [-0.4, -0.2) is 79.6 Å². The Kier molecular flexibility index (Phi) is 7.79. The summed E-state index contributed by atoms with van der Waals surface area (Å²) >= 11 is 0. The molecule has 0 saturated carbocycles. The third-order valence-electron chi connectivity index (χ3n) is 5.47. The van der Waals surface area contributed by atoms with Crippen LogP contribution in [0.1, 0.15) is 33.3 Å². The number of carbonyl (C=O) groups is 2. The number of piperazine rings is 1. The van der Waals surface area contributed by atoms with Gasteiger partial charge in [0.05, 0.1) is 10.9 Å². The van der Waals surface area contributed by atoms with Gasteiger partial charge in [0.15, 0.2) is 0 Å². The molecule has 1 aromatic rings. The van der Waals surface area contributed by atoms with Crippen LogP contribution in [0.2, 0.25) is 0 Å². The first-order valence-corrected chi connectivity index (χ1v) is 11.5. The van der Waals surface area contributed by atoms with E-state index >= 15 is 0 Å². The molecule has 9 heteroatoms. The topological polar surface area (TPSA) is 90.0 Å². The fourth-order valence-electron chi connectivity index (χ4n) is 3.49. The van der Waals surface area contributed by atoms with Crippen LogP contribution in [-0.2, 0) is 19.6 Å². The van der Waals surface area contributed by atoms with E-state index in [1.54, 1.807) is 44.7 Å². The average molecular weight is 425 g/mol. The molecule has 1 atom stereocenters. The molecule has 1 saturated heterocycles. The molecule has 0 aliphatic carbocycles. The molecule has 0 spiro atoms. The van der Waals surface area contributed by atoms with Crippen molar-refractivity contribution < 1.29 is 18.0 Å². The Morgan fingerprint density at radius 2 is 1.72 bits per heavy atom. The van der Waals surface area contributed by atoms with Crippen molar-refractivity contribution in [3.63, 3.8) is 0 Å². The van der Waals surface area contributed by atoms with E-state index in [1.165, 1.54) is 10.4 Å². The molecule has 1 aromatic carbocycles. The third kappa shape index (κ3) is 5.34. The van der Waals surface area contributed by atoms with Crippen LogP contribution < -0.4 is 5.32 Å². The van der Waals surface area contributed by atoms with Gasteiger partial charge in [0.25, 0.3) is 0 Å². The van der Waals surface area contributed by atoms with Gasteiger partial charge < -0.3 is 10.2 Å². The SMILES string of the molecule is CCN(CC)S(=O)(=O)c1cc(NC(=O)[C@@H](C)N2CCN(C(C)=O)CC2)ccc1C. The van der Waals surface area contributed by atoms with E-state index in [-0.39, 0.29) is 22.8 Å². The molecule has 8 nitrogen and oxygen atoms in total. The summed E-state index contributed by atoms with van der Waals surface area (Å²) in [7, 11) is -3.61. The average Bonchev–Trinajstić information content (AvgIpc) is 2.69. The minimum absolute atomic E-state index is 0.0448. The summed E-state index contributed by atoms with van der Waals surface area (Å²) in [4.78, 5) is 28.2. The van der Waals surface area contributed by atoms with Gasteiger partial charge in [-0.05, 0) is 31.5 Å². The van der Waals surface area contributed by atoms with E-state index in [0.717, 1.165) is 0 Å². The summed E-state index contributed by atoms with van der Waals surface area (Å²) in [5.74, 6) is -0.153. The number of hydrogen-bond donors (Lipinski definition) is 1. The lowest BCUT2D eigenvalue weighted by atomic mass is 10.2. The molecule has 1 aliphatic heterocycles. The first kappa shape index (κ1) is 23.3. The zero-order chi connectivity index (χ0) is 21.8. The summed E-state index contributed by atoms with van der Waals surface area (Å²) in [6.45, 7) is 12.0. The Labute approximate surface area is 173 Å². The molecular formula is C20H32N4O4S. The number of benzene rings is 1. The minimum atomic E-state index is -3.61. The molecule has 2 amide bonds. The van der Waals surface area contributed by atoms with Crippen LogP contribution in [0, 0.1) is 6.92 Å². The molecule has 0 bridgehead atoms. The summed E-state index contributed by atoms with van der Waals surface area (Å²) in [6.07, 6.45) is 0. The van der Waals surface area contributed by atoms with E-state index < -0.39 is 10.0 Å². The van der Waals surface area contributed by atoms with Gasteiger partial charge in [-0.3, -0.25) is 14.5 Å². The molecule has 1 fully saturated rings. The number of nitrogens with one attached hydrogen (secondary N) is 1. The lowest BCUT2D eigenvalue weighted by molar-refractivity contribution is -0.131. The number of carbonyl (C=O) groups excluding carboxylic acids is 2. The first-order valence-electron chi connectivity index (χ1n) is 10.0. The predicted molar refractivity (Wildman–Crippen MR) is 113 cm³/mol. The number of amides is 2. The molecule has 0 unspecified atom stereocenters. The van der Waals surface area contributed by atoms with Crippen LogP contribution in [0.4, 0.5) is 5.69 Å².